The first kappa shape index (κ1) is 19.2. The van der Waals surface area contributed by atoms with Crippen LogP contribution < -0.4 is 11.0 Å². The van der Waals surface area contributed by atoms with E-state index in [-0.39, 0.29) is 30.6 Å². The van der Waals surface area contributed by atoms with E-state index in [1.807, 2.05) is 25.1 Å². The number of nitrogens with one attached hydrogen (secondary N) is 1. The van der Waals surface area contributed by atoms with Crippen LogP contribution >= 0.6 is 0 Å². The van der Waals surface area contributed by atoms with Crippen molar-refractivity contribution in [1.29, 1.82) is 0 Å². The molecule has 0 aliphatic carbocycles. The average molecular weight is 375 g/mol. The zero-order valence-electron chi connectivity index (χ0n) is 15.4. The van der Waals surface area contributed by atoms with Crippen molar-refractivity contribution in [2.24, 2.45) is 11.8 Å². The van der Waals surface area contributed by atoms with E-state index < -0.39 is 11.9 Å². The summed E-state index contributed by atoms with van der Waals surface area (Å²) in [5, 5.41) is 12.2. The maximum Gasteiger partial charge on any atom is 0.329 e. The summed E-state index contributed by atoms with van der Waals surface area (Å²) < 4.78 is 8.33. The molecule has 1 saturated heterocycles. The zero-order valence-corrected chi connectivity index (χ0v) is 15.4. The summed E-state index contributed by atoms with van der Waals surface area (Å²) in [5.41, 5.74) is 1.23. The van der Waals surface area contributed by atoms with Crippen LogP contribution in [0, 0.1) is 11.8 Å². The number of para-hydroxylation sites is 2. The third-order valence-electron chi connectivity index (χ3n) is 5.21. The number of benzene rings is 1. The lowest BCUT2D eigenvalue weighted by Crippen LogP contribution is -2.41. The van der Waals surface area contributed by atoms with Crippen LogP contribution in [0.3, 0.4) is 0 Å². The summed E-state index contributed by atoms with van der Waals surface area (Å²) in [6.45, 7) is 3.41. The van der Waals surface area contributed by atoms with Crippen molar-refractivity contribution in [3.05, 3.63) is 34.7 Å². The molecule has 1 unspecified atom stereocenters. The van der Waals surface area contributed by atoms with E-state index in [4.69, 9.17) is 4.74 Å². The third kappa shape index (κ3) is 4.05. The van der Waals surface area contributed by atoms with Gasteiger partial charge in [-0.15, -0.1) is 0 Å². The van der Waals surface area contributed by atoms with E-state index in [1.54, 1.807) is 10.6 Å². The summed E-state index contributed by atoms with van der Waals surface area (Å²) in [5.74, 6) is -1.94. The number of aliphatic carboxylic acids is 1. The summed E-state index contributed by atoms with van der Waals surface area (Å²) in [6.07, 6.45) is 1.35. The van der Waals surface area contributed by atoms with Crippen LogP contribution in [0.4, 0.5) is 0 Å². The summed E-state index contributed by atoms with van der Waals surface area (Å²) in [6, 6.07) is 7.32. The van der Waals surface area contributed by atoms with Crippen LogP contribution in [0.1, 0.15) is 19.8 Å². The van der Waals surface area contributed by atoms with Crippen LogP contribution in [-0.2, 0) is 27.4 Å². The van der Waals surface area contributed by atoms with Gasteiger partial charge in [-0.25, -0.2) is 4.79 Å². The Hall–Kier alpha value is -2.61. The maximum atomic E-state index is 12.6. The predicted octanol–water partition coefficient (Wildman–Crippen LogP) is 1.07. The van der Waals surface area contributed by atoms with Crippen LogP contribution in [0.15, 0.2) is 29.1 Å². The van der Waals surface area contributed by atoms with Gasteiger partial charge in [0.2, 0.25) is 5.91 Å². The molecule has 1 aromatic heterocycles. The minimum Gasteiger partial charge on any atom is -0.481 e. The molecule has 1 fully saturated rings. The molecule has 1 aromatic carbocycles. The van der Waals surface area contributed by atoms with Gasteiger partial charge in [-0.2, -0.15) is 0 Å². The van der Waals surface area contributed by atoms with Crippen LogP contribution in [0.2, 0.25) is 0 Å². The Morgan fingerprint density at radius 1 is 1.22 bits per heavy atom. The molecule has 2 heterocycles. The lowest BCUT2D eigenvalue weighted by Gasteiger charge is -2.27. The molecule has 0 spiro atoms. The number of rotatable bonds is 7. The number of amides is 1. The molecule has 27 heavy (non-hydrogen) atoms. The molecule has 1 aliphatic heterocycles. The van der Waals surface area contributed by atoms with Gasteiger partial charge in [-0.05, 0) is 37.8 Å². The number of hydrogen-bond donors (Lipinski definition) is 2. The van der Waals surface area contributed by atoms with Crippen molar-refractivity contribution >= 4 is 22.9 Å². The minimum atomic E-state index is -0.915. The molecule has 1 amide bonds. The molecule has 0 bridgehead atoms. The lowest BCUT2D eigenvalue weighted by molar-refractivity contribution is -0.145. The third-order valence-corrected chi connectivity index (χ3v) is 5.21. The number of hydrogen-bond acceptors (Lipinski definition) is 4. The molecule has 3 rings (SSSR count). The molecule has 0 saturated carbocycles. The topological polar surface area (TPSA) is 103 Å². The van der Waals surface area contributed by atoms with Crippen molar-refractivity contribution < 1.29 is 19.4 Å². The molecule has 146 valence electrons. The highest BCUT2D eigenvalue weighted by Gasteiger charge is 2.30. The molecule has 8 heteroatoms. The van der Waals surface area contributed by atoms with E-state index in [9.17, 15) is 19.5 Å². The fourth-order valence-electron chi connectivity index (χ4n) is 3.73. The van der Waals surface area contributed by atoms with E-state index in [0.29, 0.717) is 38.1 Å². The number of carboxylic acid groups (broad SMARTS) is 1. The van der Waals surface area contributed by atoms with E-state index in [0.717, 1.165) is 5.52 Å². The number of aromatic nitrogens is 2. The first-order valence-corrected chi connectivity index (χ1v) is 9.28. The number of carboxylic acids is 1. The number of aryl methyl sites for hydroxylation is 1. The first-order valence-electron chi connectivity index (χ1n) is 9.28. The Morgan fingerprint density at radius 2 is 1.85 bits per heavy atom. The molecule has 1 atom stereocenters. The van der Waals surface area contributed by atoms with Crippen molar-refractivity contribution in [2.75, 3.05) is 19.8 Å². The van der Waals surface area contributed by atoms with Crippen molar-refractivity contribution in [2.45, 2.75) is 32.9 Å². The minimum absolute atomic E-state index is 0.0127. The van der Waals surface area contributed by atoms with Crippen molar-refractivity contribution in [3.63, 3.8) is 0 Å². The van der Waals surface area contributed by atoms with Crippen LogP contribution in [0.25, 0.3) is 11.0 Å². The van der Waals surface area contributed by atoms with Gasteiger partial charge in [0.25, 0.3) is 0 Å². The Morgan fingerprint density at radius 3 is 2.44 bits per heavy atom. The maximum absolute atomic E-state index is 12.6. The predicted molar refractivity (Wildman–Crippen MR) is 99.6 cm³/mol. The van der Waals surface area contributed by atoms with Gasteiger partial charge >= 0.3 is 11.7 Å². The molecule has 2 aromatic rings. The highest BCUT2D eigenvalue weighted by atomic mass is 16.5. The molecule has 2 N–H and O–H groups in total. The van der Waals surface area contributed by atoms with Gasteiger partial charge < -0.3 is 15.2 Å². The van der Waals surface area contributed by atoms with Crippen molar-refractivity contribution in [1.82, 2.24) is 14.5 Å². The smallest absolute Gasteiger partial charge is 0.329 e. The second-order valence-electron chi connectivity index (χ2n) is 6.80. The highest BCUT2D eigenvalue weighted by molar-refractivity contribution is 5.81. The monoisotopic (exact) mass is 375 g/mol. The average Bonchev–Trinajstić information content (AvgIpc) is 2.94. The zero-order chi connectivity index (χ0) is 19.4. The van der Waals surface area contributed by atoms with Crippen LogP contribution in [0.5, 0.6) is 0 Å². The fraction of sp³-hybridized carbons (Fsp3) is 0.526. The van der Waals surface area contributed by atoms with Gasteiger partial charge in [-0.3, -0.25) is 18.7 Å². The second kappa shape index (κ2) is 8.39. The number of nitrogens with zero attached hydrogens (tertiary/aromatic N) is 2. The fourth-order valence-corrected chi connectivity index (χ4v) is 3.73. The Balaban J connectivity index is 1.70. The Kier molecular flexibility index (Phi) is 5.95. The largest absolute Gasteiger partial charge is 0.481 e. The van der Waals surface area contributed by atoms with Gasteiger partial charge in [0.05, 0.1) is 17.0 Å². The molecule has 1 aliphatic rings. The number of ether oxygens (including phenoxy) is 1. The quantitative estimate of drug-likeness (QED) is 0.754. The normalized spacial score (nSPS) is 16.3. The standard InChI is InChI=1S/C19H25N3O5/c1-2-21-15-5-3-4-6-16(15)22(19(21)26)12-17(23)20-11-14(18(24)25)13-7-9-27-10-8-13/h3-6,13-14H,2,7-12H2,1H3,(H,20,23)(H,24,25). The van der Waals surface area contributed by atoms with Crippen molar-refractivity contribution in [3.8, 4) is 0 Å². The summed E-state index contributed by atoms with van der Waals surface area (Å²) >= 11 is 0. The van der Waals surface area contributed by atoms with Gasteiger partial charge in [0.1, 0.15) is 6.54 Å². The number of carbonyl (C=O) groups is 2. The number of carbonyl (C=O) groups excluding carboxylic acids is 1. The molecular formula is C19H25N3O5. The first-order chi connectivity index (χ1) is 13.0. The number of fused-ring (bicyclic) bond motifs is 1. The molecule has 8 nitrogen and oxygen atoms in total. The van der Waals surface area contributed by atoms with E-state index >= 15 is 0 Å². The Bertz CT molecular complexity index is 879. The Labute approximate surface area is 156 Å². The molecule has 0 radical (unpaired) electrons. The summed E-state index contributed by atoms with van der Waals surface area (Å²) in [4.78, 5) is 36.6. The lowest BCUT2D eigenvalue weighted by atomic mass is 9.86. The highest BCUT2D eigenvalue weighted by Crippen LogP contribution is 2.23. The van der Waals surface area contributed by atoms with Gasteiger partial charge in [0.15, 0.2) is 0 Å². The van der Waals surface area contributed by atoms with E-state index in [1.165, 1.54) is 4.57 Å². The number of imidazole rings is 1. The second-order valence-corrected chi connectivity index (χ2v) is 6.80. The van der Waals surface area contributed by atoms with E-state index in [2.05, 4.69) is 5.32 Å². The SMILES string of the molecule is CCn1c(=O)n(CC(=O)NCC(C(=O)O)C2CCOCC2)c2ccccc21. The van der Waals surface area contributed by atoms with Crippen LogP contribution in [-0.4, -0.2) is 45.9 Å². The van der Waals surface area contributed by atoms with Gasteiger partial charge in [-0.1, -0.05) is 12.1 Å². The summed E-state index contributed by atoms with van der Waals surface area (Å²) in [7, 11) is 0. The van der Waals surface area contributed by atoms with Gasteiger partial charge in [0, 0.05) is 26.3 Å². The molecular weight excluding hydrogens is 350 g/mol.